The van der Waals surface area contributed by atoms with Gasteiger partial charge in [0.05, 0.1) is 12.3 Å². The van der Waals surface area contributed by atoms with Gasteiger partial charge in [0.25, 0.3) is 0 Å². The average molecular weight is 392 g/mol. The average Bonchev–Trinajstić information content (AvgIpc) is 2.57. The summed E-state index contributed by atoms with van der Waals surface area (Å²) in [5, 5.41) is 10.5. The van der Waals surface area contributed by atoms with E-state index in [0.717, 1.165) is 0 Å². The molecular weight excluding hydrogens is 377 g/mol. The largest absolute Gasteiger partial charge is 0.506 e. The van der Waals surface area contributed by atoms with Crippen molar-refractivity contribution in [3.05, 3.63) is 70.0 Å². The molecule has 24 heavy (non-hydrogen) atoms. The summed E-state index contributed by atoms with van der Waals surface area (Å²) >= 11 is 3.32. The lowest BCUT2D eigenvalue weighted by molar-refractivity contribution is -0.137. The molecule has 0 bridgehead atoms. The van der Waals surface area contributed by atoms with Gasteiger partial charge in [-0.15, -0.1) is 0 Å². The Labute approximate surface area is 147 Å². The summed E-state index contributed by atoms with van der Waals surface area (Å²) < 4.78 is 18.5. The molecule has 0 heterocycles. The van der Waals surface area contributed by atoms with E-state index in [0.29, 0.717) is 15.7 Å². The summed E-state index contributed by atoms with van der Waals surface area (Å²) in [6.07, 6.45) is 1.21. The number of hydrogen-bond acceptors (Lipinski definition) is 4. The van der Waals surface area contributed by atoms with E-state index in [4.69, 9.17) is 4.74 Å². The molecule has 1 N–H and O–H groups in total. The van der Waals surface area contributed by atoms with Gasteiger partial charge in [0.1, 0.15) is 17.1 Å². The number of esters is 1. The third kappa shape index (κ3) is 4.52. The molecule has 0 saturated heterocycles. The number of carbonyl (C=O) groups is 1. The summed E-state index contributed by atoms with van der Waals surface area (Å²) in [5.74, 6) is -1.34. The normalized spacial score (nSPS) is 12.1. The van der Waals surface area contributed by atoms with E-state index < -0.39 is 5.97 Å². The van der Waals surface area contributed by atoms with E-state index in [-0.39, 0.29) is 23.8 Å². The Balaban J connectivity index is 2.44. The van der Waals surface area contributed by atoms with Gasteiger partial charge in [0.2, 0.25) is 0 Å². The van der Waals surface area contributed by atoms with Crippen LogP contribution in [0.25, 0.3) is 5.76 Å². The second kappa shape index (κ2) is 8.40. The Hall–Kier alpha value is -2.47. The van der Waals surface area contributed by atoms with Crippen molar-refractivity contribution in [1.29, 1.82) is 0 Å². The topological polar surface area (TPSA) is 58.9 Å². The number of rotatable bonds is 5. The predicted octanol–water partition coefficient (Wildman–Crippen LogP) is 4.82. The molecule has 0 aliphatic rings. The minimum Gasteiger partial charge on any atom is -0.506 e. The maximum Gasteiger partial charge on any atom is 0.343 e. The van der Waals surface area contributed by atoms with Crippen LogP contribution in [0.2, 0.25) is 0 Å². The van der Waals surface area contributed by atoms with Crippen LogP contribution in [-0.2, 0) is 9.53 Å². The third-order valence-electron chi connectivity index (χ3n) is 3.05. The van der Waals surface area contributed by atoms with E-state index in [9.17, 15) is 14.3 Å². The van der Waals surface area contributed by atoms with E-state index in [2.05, 4.69) is 20.9 Å². The first-order valence-corrected chi connectivity index (χ1v) is 7.97. The lowest BCUT2D eigenvalue weighted by Gasteiger charge is -2.08. The number of ether oxygens (including phenoxy) is 1. The molecule has 2 aromatic carbocycles. The van der Waals surface area contributed by atoms with Crippen molar-refractivity contribution < 1.29 is 19.0 Å². The van der Waals surface area contributed by atoms with Crippen LogP contribution < -0.4 is 0 Å². The van der Waals surface area contributed by atoms with Crippen LogP contribution in [0.4, 0.5) is 10.1 Å². The van der Waals surface area contributed by atoms with E-state index >= 15 is 0 Å². The van der Waals surface area contributed by atoms with Gasteiger partial charge in [-0.3, -0.25) is 4.99 Å². The number of carbonyl (C=O) groups excluding carboxylic acids is 1. The minimum absolute atomic E-state index is 0.0897. The van der Waals surface area contributed by atoms with Crippen molar-refractivity contribution in [2.45, 2.75) is 6.92 Å². The van der Waals surface area contributed by atoms with E-state index in [1.807, 2.05) is 0 Å². The number of nitrogens with zero attached hydrogens (tertiary/aromatic N) is 1. The van der Waals surface area contributed by atoms with Crippen molar-refractivity contribution in [3.63, 3.8) is 0 Å². The summed E-state index contributed by atoms with van der Waals surface area (Å²) in [6, 6.07) is 12.4. The van der Waals surface area contributed by atoms with Crippen LogP contribution in [-0.4, -0.2) is 23.9 Å². The number of hydrogen-bond donors (Lipinski definition) is 1. The monoisotopic (exact) mass is 391 g/mol. The summed E-state index contributed by atoms with van der Waals surface area (Å²) in [4.78, 5) is 16.2. The first-order chi connectivity index (χ1) is 11.5. The SMILES string of the molecule is CCOC(=O)C(C=Nc1ccc(F)cc1)=C(O)c1ccccc1Br. The molecule has 0 unspecified atom stereocenters. The van der Waals surface area contributed by atoms with Crippen molar-refractivity contribution in [2.75, 3.05) is 6.61 Å². The molecule has 0 radical (unpaired) electrons. The zero-order valence-electron chi connectivity index (χ0n) is 12.9. The van der Waals surface area contributed by atoms with Gasteiger partial charge in [-0.2, -0.15) is 0 Å². The van der Waals surface area contributed by atoms with Crippen LogP contribution in [0, 0.1) is 5.82 Å². The molecule has 0 spiro atoms. The highest BCUT2D eigenvalue weighted by Gasteiger charge is 2.17. The maximum atomic E-state index is 12.9. The van der Waals surface area contributed by atoms with Crippen molar-refractivity contribution in [1.82, 2.24) is 0 Å². The number of aliphatic imine (C=N–C) groups is 1. The van der Waals surface area contributed by atoms with Crippen LogP contribution in [0.3, 0.4) is 0 Å². The van der Waals surface area contributed by atoms with Gasteiger partial charge in [-0.05, 0) is 37.3 Å². The van der Waals surface area contributed by atoms with Crippen LogP contribution in [0.5, 0.6) is 0 Å². The Morgan fingerprint density at radius 3 is 2.54 bits per heavy atom. The maximum absolute atomic E-state index is 12.9. The molecular formula is C18H15BrFNO3. The van der Waals surface area contributed by atoms with Gasteiger partial charge in [0, 0.05) is 16.3 Å². The number of halogens is 2. The van der Waals surface area contributed by atoms with Crippen molar-refractivity contribution >= 4 is 39.6 Å². The smallest absolute Gasteiger partial charge is 0.343 e. The van der Waals surface area contributed by atoms with Crippen molar-refractivity contribution in [3.8, 4) is 0 Å². The molecule has 124 valence electrons. The molecule has 2 aromatic rings. The molecule has 0 aliphatic carbocycles. The van der Waals surface area contributed by atoms with Crippen LogP contribution >= 0.6 is 15.9 Å². The van der Waals surface area contributed by atoms with Crippen LogP contribution in [0.15, 0.2) is 63.6 Å². The Morgan fingerprint density at radius 1 is 1.25 bits per heavy atom. The summed E-state index contributed by atoms with van der Waals surface area (Å²) in [6.45, 7) is 1.83. The number of benzene rings is 2. The predicted molar refractivity (Wildman–Crippen MR) is 94.9 cm³/mol. The van der Waals surface area contributed by atoms with Gasteiger partial charge in [0.15, 0.2) is 0 Å². The van der Waals surface area contributed by atoms with Gasteiger partial charge >= 0.3 is 5.97 Å². The molecule has 4 nitrogen and oxygen atoms in total. The second-order valence-electron chi connectivity index (χ2n) is 4.70. The third-order valence-corrected chi connectivity index (χ3v) is 3.74. The van der Waals surface area contributed by atoms with E-state index in [1.165, 1.54) is 30.5 Å². The van der Waals surface area contributed by atoms with Gasteiger partial charge in [-0.25, -0.2) is 9.18 Å². The van der Waals surface area contributed by atoms with Gasteiger partial charge in [-0.1, -0.05) is 34.1 Å². The lowest BCUT2D eigenvalue weighted by atomic mass is 10.1. The van der Waals surface area contributed by atoms with Crippen molar-refractivity contribution in [2.24, 2.45) is 4.99 Å². The zero-order chi connectivity index (χ0) is 17.5. The van der Waals surface area contributed by atoms with Crippen LogP contribution in [0.1, 0.15) is 12.5 Å². The zero-order valence-corrected chi connectivity index (χ0v) is 14.5. The van der Waals surface area contributed by atoms with E-state index in [1.54, 1.807) is 31.2 Å². The quantitative estimate of drug-likeness (QED) is 0.344. The first-order valence-electron chi connectivity index (χ1n) is 7.17. The molecule has 2 rings (SSSR count). The fraction of sp³-hybridized carbons (Fsp3) is 0.111. The Kier molecular flexibility index (Phi) is 6.26. The highest BCUT2D eigenvalue weighted by molar-refractivity contribution is 9.10. The molecule has 0 saturated carbocycles. The first kappa shape index (κ1) is 17.9. The molecule has 0 amide bonds. The molecule has 0 fully saturated rings. The molecule has 0 aliphatic heterocycles. The summed E-state index contributed by atoms with van der Waals surface area (Å²) in [7, 11) is 0. The fourth-order valence-corrected chi connectivity index (χ4v) is 2.36. The Morgan fingerprint density at radius 2 is 1.92 bits per heavy atom. The lowest BCUT2D eigenvalue weighted by Crippen LogP contribution is -2.11. The molecule has 0 atom stereocenters. The number of aliphatic hydroxyl groups is 1. The summed E-state index contributed by atoms with van der Waals surface area (Å²) in [5.41, 5.74) is 0.789. The highest BCUT2D eigenvalue weighted by atomic mass is 79.9. The molecule has 6 heteroatoms. The standard InChI is InChI=1S/C18H15BrFNO3/c1-2-24-18(23)15(11-21-13-9-7-12(20)8-10-13)17(22)14-5-3-4-6-16(14)19/h3-11,22H,2H2,1H3. The highest BCUT2D eigenvalue weighted by Crippen LogP contribution is 2.25. The Bertz CT molecular complexity index is 785. The number of aliphatic hydroxyl groups excluding tert-OH is 1. The second-order valence-corrected chi connectivity index (χ2v) is 5.55. The fourth-order valence-electron chi connectivity index (χ4n) is 1.88. The minimum atomic E-state index is -0.698. The van der Waals surface area contributed by atoms with Gasteiger partial charge < -0.3 is 9.84 Å². The molecule has 0 aromatic heterocycles.